The van der Waals surface area contributed by atoms with Gasteiger partial charge in [0.05, 0.1) is 23.4 Å². The summed E-state index contributed by atoms with van der Waals surface area (Å²) in [5, 5.41) is 22.0. The molecule has 0 amide bonds. The molecule has 0 bridgehead atoms. The van der Waals surface area contributed by atoms with Gasteiger partial charge in [-0.3, -0.25) is 9.78 Å². The van der Waals surface area contributed by atoms with Gasteiger partial charge in [0.1, 0.15) is 6.33 Å². The molecule has 0 aliphatic carbocycles. The topological polar surface area (TPSA) is 86.4 Å². The smallest absolute Gasteiger partial charge is 0.164 e. The van der Waals surface area contributed by atoms with Crippen molar-refractivity contribution in [3.63, 3.8) is 0 Å². The Hall–Kier alpha value is -3.78. The van der Waals surface area contributed by atoms with Crippen molar-refractivity contribution in [3.05, 3.63) is 61.2 Å². The second-order valence-electron chi connectivity index (χ2n) is 9.12. The number of fused-ring (bicyclic) bond motifs is 1. The maximum atomic E-state index is 5.50. The lowest BCUT2D eigenvalue weighted by molar-refractivity contribution is 0.0662. The predicted octanol–water partition coefficient (Wildman–Crippen LogP) is 5.28. The van der Waals surface area contributed by atoms with Crippen LogP contribution in [-0.4, -0.2) is 48.0 Å². The van der Waals surface area contributed by atoms with Crippen LogP contribution < -0.4 is 0 Å². The number of benzene rings is 2. The van der Waals surface area contributed by atoms with Gasteiger partial charge in [0.25, 0.3) is 0 Å². The van der Waals surface area contributed by atoms with Crippen LogP contribution in [0, 0.1) is 0 Å². The standard InChI is InChI=1S/C26H27N7O/c1-17(2)32-16-27-31-26(32)20-6-7-24-23(13-20)25(30-29-24)19-5-3-4-18(12-19)21-14-28-33(15-21)22-8-10-34-11-9-22/h3-7,12-17,22H,8-11H2,1-2H3,(H,29,30). The van der Waals surface area contributed by atoms with E-state index in [0.717, 1.165) is 70.7 Å². The minimum Gasteiger partial charge on any atom is -0.381 e. The van der Waals surface area contributed by atoms with Crippen LogP contribution >= 0.6 is 0 Å². The van der Waals surface area contributed by atoms with Crippen molar-refractivity contribution in [2.45, 2.75) is 38.8 Å². The number of H-pyrrole nitrogens is 1. The highest BCUT2D eigenvalue weighted by atomic mass is 16.5. The third kappa shape index (κ3) is 3.70. The van der Waals surface area contributed by atoms with E-state index in [9.17, 15) is 0 Å². The van der Waals surface area contributed by atoms with E-state index in [4.69, 9.17) is 4.74 Å². The van der Waals surface area contributed by atoms with Crippen LogP contribution in [0.2, 0.25) is 0 Å². The monoisotopic (exact) mass is 453 g/mol. The lowest BCUT2D eigenvalue weighted by Crippen LogP contribution is -2.19. The zero-order chi connectivity index (χ0) is 23.1. The van der Waals surface area contributed by atoms with Gasteiger partial charge in [0.2, 0.25) is 0 Å². The minimum atomic E-state index is 0.281. The average Bonchev–Trinajstić information content (AvgIpc) is 3.64. The molecule has 0 spiro atoms. The van der Waals surface area contributed by atoms with Crippen LogP contribution in [0.25, 0.3) is 44.7 Å². The Labute approximate surface area is 197 Å². The number of nitrogens with zero attached hydrogens (tertiary/aromatic N) is 6. The fourth-order valence-corrected chi connectivity index (χ4v) is 4.68. The maximum absolute atomic E-state index is 5.50. The molecule has 1 N–H and O–H groups in total. The van der Waals surface area contributed by atoms with Gasteiger partial charge in [-0.1, -0.05) is 18.2 Å². The van der Waals surface area contributed by atoms with Gasteiger partial charge in [0, 0.05) is 47.5 Å². The van der Waals surface area contributed by atoms with Crippen molar-refractivity contribution in [1.29, 1.82) is 0 Å². The van der Waals surface area contributed by atoms with Gasteiger partial charge < -0.3 is 9.30 Å². The first kappa shape index (κ1) is 20.8. The van der Waals surface area contributed by atoms with Crippen molar-refractivity contribution in [2.75, 3.05) is 13.2 Å². The SMILES string of the molecule is CC(C)n1cnnc1-c1ccc2[nH]nc(-c3cccc(-c4cnn(C5CCOCC5)c4)c3)c2c1. The van der Waals surface area contributed by atoms with Crippen molar-refractivity contribution in [3.8, 4) is 33.8 Å². The van der Waals surface area contributed by atoms with Crippen LogP contribution in [0.4, 0.5) is 0 Å². The Morgan fingerprint density at radius 2 is 1.85 bits per heavy atom. The molecule has 1 aliphatic rings. The summed E-state index contributed by atoms with van der Waals surface area (Å²) in [7, 11) is 0. The zero-order valence-electron chi connectivity index (χ0n) is 19.3. The molecule has 0 unspecified atom stereocenters. The van der Waals surface area contributed by atoms with Crippen LogP contribution in [0.5, 0.6) is 0 Å². The van der Waals surface area contributed by atoms with E-state index in [1.54, 1.807) is 6.33 Å². The Balaban J connectivity index is 1.36. The van der Waals surface area contributed by atoms with Crippen molar-refractivity contribution >= 4 is 10.9 Å². The molecule has 0 radical (unpaired) electrons. The summed E-state index contributed by atoms with van der Waals surface area (Å²) in [4.78, 5) is 0. The molecule has 4 heterocycles. The fourth-order valence-electron chi connectivity index (χ4n) is 4.68. The molecule has 1 saturated heterocycles. The molecule has 3 aromatic heterocycles. The Morgan fingerprint density at radius 1 is 1.00 bits per heavy atom. The quantitative estimate of drug-likeness (QED) is 0.391. The highest BCUT2D eigenvalue weighted by Gasteiger charge is 2.18. The molecule has 8 nitrogen and oxygen atoms in total. The zero-order valence-corrected chi connectivity index (χ0v) is 19.3. The number of rotatable bonds is 5. The Bertz CT molecular complexity index is 1440. The number of nitrogens with one attached hydrogen (secondary N) is 1. The predicted molar refractivity (Wildman–Crippen MR) is 131 cm³/mol. The average molecular weight is 454 g/mol. The summed E-state index contributed by atoms with van der Waals surface area (Å²) < 4.78 is 9.67. The first-order chi connectivity index (χ1) is 16.7. The molecule has 1 fully saturated rings. The molecule has 2 aromatic carbocycles. The molecule has 0 atom stereocenters. The van der Waals surface area contributed by atoms with Gasteiger partial charge in [0.15, 0.2) is 5.82 Å². The maximum Gasteiger partial charge on any atom is 0.164 e. The van der Waals surface area contributed by atoms with Crippen LogP contribution in [0.3, 0.4) is 0 Å². The molecular weight excluding hydrogens is 426 g/mol. The summed E-state index contributed by atoms with van der Waals surface area (Å²) in [6, 6.07) is 15.4. The van der Waals surface area contributed by atoms with Gasteiger partial charge in [-0.2, -0.15) is 10.2 Å². The summed E-state index contributed by atoms with van der Waals surface area (Å²) in [5.74, 6) is 0.860. The summed E-state index contributed by atoms with van der Waals surface area (Å²) >= 11 is 0. The Morgan fingerprint density at radius 3 is 2.71 bits per heavy atom. The van der Waals surface area contributed by atoms with E-state index in [2.05, 4.69) is 97.3 Å². The molecular formula is C26H27N7O. The normalized spacial score (nSPS) is 14.9. The molecule has 34 heavy (non-hydrogen) atoms. The second kappa shape index (κ2) is 8.53. The molecule has 1 aliphatic heterocycles. The van der Waals surface area contributed by atoms with E-state index < -0.39 is 0 Å². The molecule has 0 saturated carbocycles. The molecule has 8 heteroatoms. The first-order valence-electron chi connectivity index (χ1n) is 11.8. The molecule has 172 valence electrons. The third-order valence-corrected chi connectivity index (χ3v) is 6.59. The highest BCUT2D eigenvalue weighted by molar-refractivity contribution is 5.95. The lowest BCUT2D eigenvalue weighted by atomic mass is 10.0. The Kier molecular flexibility index (Phi) is 5.22. The lowest BCUT2D eigenvalue weighted by Gasteiger charge is -2.22. The third-order valence-electron chi connectivity index (χ3n) is 6.59. The van der Waals surface area contributed by atoms with Gasteiger partial charge in [-0.25, -0.2) is 0 Å². The van der Waals surface area contributed by atoms with E-state index in [-0.39, 0.29) is 6.04 Å². The molecule has 6 rings (SSSR count). The summed E-state index contributed by atoms with van der Waals surface area (Å²) in [5.41, 5.74) is 6.24. The van der Waals surface area contributed by atoms with E-state index in [1.807, 2.05) is 6.20 Å². The number of ether oxygens (including phenoxy) is 1. The largest absolute Gasteiger partial charge is 0.381 e. The number of hydrogen-bond donors (Lipinski definition) is 1. The van der Waals surface area contributed by atoms with Crippen molar-refractivity contribution in [1.82, 2.24) is 34.7 Å². The summed E-state index contributed by atoms with van der Waals surface area (Å²) in [6.45, 7) is 5.86. The first-order valence-corrected chi connectivity index (χ1v) is 11.8. The highest BCUT2D eigenvalue weighted by Crippen LogP contribution is 2.33. The molecule has 5 aromatic rings. The van der Waals surface area contributed by atoms with Crippen LogP contribution in [-0.2, 0) is 4.74 Å². The fraction of sp³-hybridized carbons (Fsp3) is 0.308. The van der Waals surface area contributed by atoms with Crippen LogP contribution in [0.15, 0.2) is 61.2 Å². The second-order valence-corrected chi connectivity index (χ2v) is 9.12. The van der Waals surface area contributed by atoms with E-state index >= 15 is 0 Å². The van der Waals surface area contributed by atoms with E-state index in [1.165, 1.54) is 0 Å². The number of hydrogen-bond acceptors (Lipinski definition) is 5. The van der Waals surface area contributed by atoms with Gasteiger partial charge >= 0.3 is 0 Å². The number of aromatic nitrogens is 7. The minimum absolute atomic E-state index is 0.281. The van der Waals surface area contributed by atoms with Gasteiger partial charge in [-0.15, -0.1) is 10.2 Å². The number of aromatic amines is 1. The van der Waals surface area contributed by atoms with Crippen molar-refractivity contribution < 1.29 is 4.74 Å². The summed E-state index contributed by atoms with van der Waals surface area (Å²) in [6.07, 6.45) is 7.90. The van der Waals surface area contributed by atoms with Crippen molar-refractivity contribution in [2.24, 2.45) is 0 Å². The van der Waals surface area contributed by atoms with E-state index in [0.29, 0.717) is 6.04 Å². The van der Waals surface area contributed by atoms with Gasteiger partial charge in [-0.05, 0) is 56.5 Å². The van der Waals surface area contributed by atoms with Crippen LogP contribution in [0.1, 0.15) is 38.8 Å².